The van der Waals surface area contributed by atoms with Crippen molar-refractivity contribution in [2.75, 3.05) is 19.7 Å². The van der Waals surface area contributed by atoms with Gasteiger partial charge in [-0.05, 0) is 33.1 Å². The van der Waals surface area contributed by atoms with Gasteiger partial charge in [-0.1, -0.05) is 0 Å². The normalized spacial score (nSPS) is 19.3. The van der Waals surface area contributed by atoms with Gasteiger partial charge in [-0.3, -0.25) is 4.68 Å². The van der Waals surface area contributed by atoms with Crippen molar-refractivity contribution in [3.8, 4) is 0 Å². The number of nitrogens with one attached hydrogen (secondary N) is 1. The van der Waals surface area contributed by atoms with Crippen molar-refractivity contribution < 1.29 is 13.2 Å². The molecule has 21 heavy (non-hydrogen) atoms. The van der Waals surface area contributed by atoms with Gasteiger partial charge in [0.1, 0.15) is 4.90 Å². The highest BCUT2D eigenvalue weighted by atomic mass is 32.2. The molecule has 3 N–H and O–H groups in total. The summed E-state index contributed by atoms with van der Waals surface area (Å²) in [5, 5.41) is 4.24. The average Bonchev–Trinajstić information content (AvgIpc) is 2.99. The van der Waals surface area contributed by atoms with E-state index in [9.17, 15) is 8.42 Å². The zero-order valence-corrected chi connectivity index (χ0v) is 13.4. The topological polar surface area (TPSA) is 99.2 Å². The first-order valence-corrected chi connectivity index (χ1v) is 8.79. The van der Waals surface area contributed by atoms with Crippen LogP contribution in [0, 0.1) is 13.8 Å². The van der Waals surface area contributed by atoms with Crippen LogP contribution in [0.3, 0.4) is 0 Å². The minimum absolute atomic E-state index is 0.176. The molecule has 1 atom stereocenters. The fourth-order valence-corrected chi connectivity index (χ4v) is 4.16. The summed E-state index contributed by atoms with van der Waals surface area (Å²) >= 11 is 0. The number of sulfonamides is 1. The first-order valence-electron chi connectivity index (χ1n) is 7.31. The molecule has 1 unspecified atom stereocenters. The van der Waals surface area contributed by atoms with Crippen LogP contribution in [-0.2, 0) is 21.3 Å². The molecular formula is C13H24N4O3S. The lowest BCUT2D eigenvalue weighted by Crippen LogP contribution is -2.28. The van der Waals surface area contributed by atoms with E-state index in [0.29, 0.717) is 37.4 Å². The maximum atomic E-state index is 12.4. The first-order chi connectivity index (χ1) is 9.95. The molecule has 0 amide bonds. The summed E-state index contributed by atoms with van der Waals surface area (Å²) in [4.78, 5) is 0.267. The molecule has 2 heterocycles. The Morgan fingerprint density at radius 2 is 2.24 bits per heavy atom. The summed E-state index contributed by atoms with van der Waals surface area (Å²) in [6.45, 7) is 5.56. The molecule has 1 aliphatic heterocycles. The Morgan fingerprint density at radius 3 is 2.86 bits per heavy atom. The van der Waals surface area contributed by atoms with Crippen molar-refractivity contribution in [2.45, 2.75) is 50.7 Å². The van der Waals surface area contributed by atoms with Crippen molar-refractivity contribution >= 4 is 10.0 Å². The van der Waals surface area contributed by atoms with E-state index in [-0.39, 0.29) is 11.0 Å². The Balaban J connectivity index is 2.04. The van der Waals surface area contributed by atoms with Crippen LogP contribution in [0.5, 0.6) is 0 Å². The molecule has 8 heteroatoms. The van der Waals surface area contributed by atoms with Crippen LogP contribution in [-0.4, -0.2) is 44.0 Å². The van der Waals surface area contributed by atoms with Gasteiger partial charge < -0.3 is 10.5 Å². The Hall–Kier alpha value is -0.960. The third-order valence-corrected chi connectivity index (χ3v) is 5.42. The molecule has 1 aromatic rings. The molecule has 0 radical (unpaired) electrons. The molecule has 0 bridgehead atoms. The maximum Gasteiger partial charge on any atom is 0.244 e. The molecule has 0 aromatic carbocycles. The van der Waals surface area contributed by atoms with Crippen molar-refractivity contribution in [1.82, 2.24) is 14.5 Å². The molecule has 1 aliphatic rings. The number of hydrogen-bond acceptors (Lipinski definition) is 5. The van der Waals surface area contributed by atoms with Gasteiger partial charge in [0.05, 0.1) is 24.0 Å². The van der Waals surface area contributed by atoms with E-state index in [2.05, 4.69) is 9.82 Å². The molecule has 1 aromatic heterocycles. The molecular weight excluding hydrogens is 292 g/mol. The fourth-order valence-electron chi connectivity index (χ4n) is 2.71. The number of rotatable bonds is 7. The third kappa shape index (κ3) is 3.82. The van der Waals surface area contributed by atoms with Gasteiger partial charge in [0.25, 0.3) is 0 Å². The van der Waals surface area contributed by atoms with Gasteiger partial charge in [-0.15, -0.1) is 0 Å². The second-order valence-electron chi connectivity index (χ2n) is 5.33. The lowest BCUT2D eigenvalue weighted by atomic mass is 10.2. The summed E-state index contributed by atoms with van der Waals surface area (Å²) in [5.41, 5.74) is 6.64. The zero-order chi connectivity index (χ0) is 15.5. The fraction of sp³-hybridized carbons (Fsp3) is 0.769. The summed E-state index contributed by atoms with van der Waals surface area (Å²) in [7, 11) is -3.54. The molecule has 7 nitrogen and oxygen atoms in total. The van der Waals surface area contributed by atoms with Crippen LogP contribution in [0.15, 0.2) is 4.90 Å². The smallest absolute Gasteiger partial charge is 0.244 e. The number of hydrogen-bond donors (Lipinski definition) is 2. The summed E-state index contributed by atoms with van der Waals surface area (Å²) in [5.74, 6) is 0. The highest BCUT2D eigenvalue weighted by Gasteiger charge is 2.24. The van der Waals surface area contributed by atoms with Crippen LogP contribution >= 0.6 is 0 Å². The molecule has 0 spiro atoms. The van der Waals surface area contributed by atoms with E-state index in [0.717, 1.165) is 19.4 Å². The van der Waals surface area contributed by atoms with Gasteiger partial charge in [0.2, 0.25) is 10.0 Å². The zero-order valence-electron chi connectivity index (χ0n) is 12.6. The lowest BCUT2D eigenvalue weighted by Gasteiger charge is -2.11. The third-order valence-electron chi connectivity index (χ3n) is 3.71. The standard InChI is InChI=1S/C13H24N4O3S/c1-10-13(11(2)17(16-10)8-6-14)21(18,19)15-7-5-12-4-3-9-20-12/h12,15H,3-9,14H2,1-2H3. The molecule has 1 fully saturated rings. The lowest BCUT2D eigenvalue weighted by molar-refractivity contribution is 0.105. The largest absolute Gasteiger partial charge is 0.378 e. The van der Waals surface area contributed by atoms with E-state index in [1.54, 1.807) is 18.5 Å². The van der Waals surface area contributed by atoms with Gasteiger partial charge >= 0.3 is 0 Å². The highest BCUT2D eigenvalue weighted by molar-refractivity contribution is 7.89. The number of nitrogens with zero attached hydrogens (tertiary/aromatic N) is 2. The van der Waals surface area contributed by atoms with Crippen LogP contribution in [0.25, 0.3) is 0 Å². The first kappa shape index (κ1) is 16.4. The van der Waals surface area contributed by atoms with E-state index >= 15 is 0 Å². The monoisotopic (exact) mass is 316 g/mol. The molecule has 0 aliphatic carbocycles. The second kappa shape index (κ2) is 6.87. The van der Waals surface area contributed by atoms with Crippen LogP contribution in [0.2, 0.25) is 0 Å². The average molecular weight is 316 g/mol. The second-order valence-corrected chi connectivity index (χ2v) is 7.04. The van der Waals surface area contributed by atoms with Gasteiger partial charge in [0.15, 0.2) is 0 Å². The minimum atomic E-state index is -3.54. The minimum Gasteiger partial charge on any atom is -0.378 e. The van der Waals surface area contributed by atoms with Crippen molar-refractivity contribution in [1.29, 1.82) is 0 Å². The Kier molecular flexibility index (Phi) is 5.37. The van der Waals surface area contributed by atoms with E-state index in [4.69, 9.17) is 10.5 Å². The van der Waals surface area contributed by atoms with Crippen LogP contribution in [0.4, 0.5) is 0 Å². The Bertz CT molecular complexity index is 576. The highest BCUT2D eigenvalue weighted by Crippen LogP contribution is 2.20. The number of ether oxygens (including phenoxy) is 1. The van der Waals surface area contributed by atoms with Crippen molar-refractivity contribution in [3.05, 3.63) is 11.4 Å². The molecule has 1 saturated heterocycles. The number of aryl methyl sites for hydroxylation is 1. The molecule has 2 rings (SSSR count). The summed E-state index contributed by atoms with van der Waals surface area (Å²) in [6, 6.07) is 0. The summed E-state index contributed by atoms with van der Waals surface area (Å²) in [6.07, 6.45) is 2.94. The van der Waals surface area contributed by atoms with Crippen LogP contribution < -0.4 is 10.5 Å². The van der Waals surface area contributed by atoms with Crippen molar-refractivity contribution in [2.24, 2.45) is 5.73 Å². The Morgan fingerprint density at radius 1 is 1.48 bits per heavy atom. The molecule has 120 valence electrons. The van der Waals surface area contributed by atoms with E-state index in [1.165, 1.54) is 0 Å². The van der Waals surface area contributed by atoms with Crippen LogP contribution in [0.1, 0.15) is 30.7 Å². The van der Waals surface area contributed by atoms with E-state index < -0.39 is 10.0 Å². The maximum absolute atomic E-state index is 12.4. The van der Waals surface area contributed by atoms with Crippen molar-refractivity contribution in [3.63, 3.8) is 0 Å². The number of aromatic nitrogens is 2. The van der Waals surface area contributed by atoms with Gasteiger partial charge in [-0.25, -0.2) is 13.1 Å². The quantitative estimate of drug-likeness (QED) is 0.754. The van der Waals surface area contributed by atoms with E-state index in [1.807, 2.05) is 0 Å². The Labute approximate surface area is 125 Å². The summed E-state index contributed by atoms with van der Waals surface area (Å²) < 4.78 is 34.6. The number of nitrogens with two attached hydrogens (primary N) is 1. The predicted octanol–water partition coefficient (Wildman–Crippen LogP) is 0.306. The SMILES string of the molecule is Cc1nn(CCN)c(C)c1S(=O)(=O)NCCC1CCCO1. The molecule has 0 saturated carbocycles. The predicted molar refractivity (Wildman–Crippen MR) is 79.5 cm³/mol. The van der Waals surface area contributed by atoms with Gasteiger partial charge in [0, 0.05) is 19.7 Å². The van der Waals surface area contributed by atoms with Gasteiger partial charge in [-0.2, -0.15) is 5.10 Å².